The highest BCUT2D eigenvalue weighted by Crippen LogP contribution is 2.39. The maximum Gasteiger partial charge on any atom is 0.435 e. The van der Waals surface area contributed by atoms with Crippen LogP contribution < -0.4 is 0 Å². The summed E-state index contributed by atoms with van der Waals surface area (Å²) in [7, 11) is 0. The van der Waals surface area contributed by atoms with E-state index in [0.29, 0.717) is 32.5 Å². The predicted molar refractivity (Wildman–Crippen MR) is 79.9 cm³/mol. The summed E-state index contributed by atoms with van der Waals surface area (Å²) in [5.74, 6) is 0.231. The maximum absolute atomic E-state index is 12.6. The van der Waals surface area contributed by atoms with E-state index in [1.54, 1.807) is 6.92 Å². The van der Waals surface area contributed by atoms with E-state index in [4.69, 9.17) is 0 Å². The van der Waals surface area contributed by atoms with Gasteiger partial charge >= 0.3 is 6.18 Å². The second kappa shape index (κ2) is 6.06. The molecule has 5 nitrogen and oxygen atoms in total. The van der Waals surface area contributed by atoms with Crippen LogP contribution in [0.2, 0.25) is 0 Å². The lowest BCUT2D eigenvalue weighted by molar-refractivity contribution is -0.151. The van der Waals surface area contributed by atoms with Gasteiger partial charge < -0.3 is 10.0 Å². The summed E-state index contributed by atoms with van der Waals surface area (Å²) in [6.07, 6.45) is -0.507. The summed E-state index contributed by atoms with van der Waals surface area (Å²) in [5, 5.41) is 13.3. The molecule has 1 amide bonds. The molecule has 0 unspecified atom stereocenters. The van der Waals surface area contributed by atoms with Gasteiger partial charge in [0.25, 0.3) is 0 Å². The molecule has 1 aliphatic heterocycles. The van der Waals surface area contributed by atoms with Gasteiger partial charge in [0, 0.05) is 31.7 Å². The predicted octanol–water partition coefficient (Wildman–Crippen LogP) is 2.30. The summed E-state index contributed by atoms with van der Waals surface area (Å²) in [6, 6.07) is 0.987. The summed E-state index contributed by atoms with van der Waals surface area (Å²) in [5.41, 5.74) is -1.58. The molecule has 0 bridgehead atoms. The Morgan fingerprint density at radius 2 is 2.00 bits per heavy atom. The van der Waals surface area contributed by atoms with Gasteiger partial charge in [-0.1, -0.05) is 0 Å². The molecular weight excluding hydrogens is 323 g/mol. The molecule has 0 radical (unpaired) electrons. The second-order valence-corrected chi connectivity index (χ2v) is 7.29. The number of likely N-dealkylation sites (tertiary alicyclic amines) is 1. The summed E-state index contributed by atoms with van der Waals surface area (Å²) >= 11 is 0. The molecule has 1 aromatic heterocycles. The first-order valence-corrected chi connectivity index (χ1v) is 8.26. The lowest BCUT2D eigenvalue weighted by atomic mass is 9.71. The molecule has 3 rings (SSSR count). The van der Waals surface area contributed by atoms with E-state index in [0.717, 1.165) is 18.9 Å². The van der Waals surface area contributed by atoms with Gasteiger partial charge in [-0.2, -0.15) is 18.3 Å². The fourth-order valence-electron chi connectivity index (χ4n) is 3.65. The number of hydrogen-bond donors (Lipinski definition) is 1. The number of aliphatic hydroxyl groups is 1. The Bertz CT molecular complexity index is 596. The highest BCUT2D eigenvalue weighted by molar-refractivity contribution is 5.80. The molecule has 0 spiro atoms. The third kappa shape index (κ3) is 3.74. The van der Waals surface area contributed by atoms with Gasteiger partial charge in [0.1, 0.15) is 0 Å². The van der Waals surface area contributed by atoms with E-state index >= 15 is 0 Å². The largest absolute Gasteiger partial charge is 0.435 e. The lowest BCUT2D eigenvalue weighted by Crippen LogP contribution is -2.51. The number of hydrogen-bond acceptors (Lipinski definition) is 3. The minimum Gasteiger partial charge on any atom is -0.390 e. The standard InChI is InChI=1S/C16H22F3N3O2/c1-15(24)8-12(9-15)14(23)21-5-2-11(3-6-21)10-22-7-4-13(20-22)16(17,18)19/h4,7,11-12,24H,2-3,5-6,8-10H2,1H3. The van der Waals surface area contributed by atoms with E-state index in [2.05, 4.69) is 5.10 Å². The molecule has 1 saturated heterocycles. The Morgan fingerprint density at radius 1 is 1.38 bits per heavy atom. The van der Waals surface area contributed by atoms with Crippen LogP contribution in [0, 0.1) is 11.8 Å². The second-order valence-electron chi connectivity index (χ2n) is 7.29. The van der Waals surface area contributed by atoms with Gasteiger partial charge in [-0.05, 0) is 44.6 Å². The van der Waals surface area contributed by atoms with Crippen molar-refractivity contribution in [3.63, 3.8) is 0 Å². The van der Waals surface area contributed by atoms with Crippen LogP contribution >= 0.6 is 0 Å². The normalized spacial score (nSPS) is 28.7. The van der Waals surface area contributed by atoms with Gasteiger partial charge in [-0.15, -0.1) is 0 Å². The van der Waals surface area contributed by atoms with Crippen molar-refractivity contribution in [3.05, 3.63) is 18.0 Å². The van der Waals surface area contributed by atoms with Crippen molar-refractivity contribution in [3.8, 4) is 0 Å². The lowest BCUT2D eigenvalue weighted by Gasteiger charge is -2.43. The minimum absolute atomic E-state index is 0.0861. The number of halogens is 3. The van der Waals surface area contributed by atoms with Gasteiger partial charge in [-0.25, -0.2) is 0 Å². The Hall–Kier alpha value is -1.57. The number of piperidine rings is 1. The van der Waals surface area contributed by atoms with E-state index in [9.17, 15) is 23.1 Å². The van der Waals surface area contributed by atoms with E-state index in [1.807, 2.05) is 4.90 Å². The van der Waals surface area contributed by atoms with Gasteiger partial charge in [-0.3, -0.25) is 9.48 Å². The molecular formula is C16H22F3N3O2. The van der Waals surface area contributed by atoms with Crippen LogP contribution in [0.15, 0.2) is 12.3 Å². The van der Waals surface area contributed by atoms with Crippen molar-refractivity contribution >= 4 is 5.91 Å². The third-order valence-corrected chi connectivity index (χ3v) is 5.02. The minimum atomic E-state index is -4.41. The molecule has 2 heterocycles. The molecule has 0 aromatic carbocycles. The molecule has 0 atom stereocenters. The van der Waals surface area contributed by atoms with Crippen LogP contribution in [0.25, 0.3) is 0 Å². The van der Waals surface area contributed by atoms with Crippen LogP contribution in [-0.4, -0.2) is 44.4 Å². The quantitative estimate of drug-likeness (QED) is 0.915. The monoisotopic (exact) mass is 345 g/mol. The van der Waals surface area contributed by atoms with Crippen molar-refractivity contribution in [1.29, 1.82) is 0 Å². The SMILES string of the molecule is CC1(O)CC(C(=O)N2CCC(Cn3ccc(C(F)(F)F)n3)CC2)C1. The molecule has 1 aliphatic carbocycles. The molecule has 1 N–H and O–H groups in total. The third-order valence-electron chi connectivity index (χ3n) is 5.02. The number of carbonyl (C=O) groups excluding carboxylic acids is 1. The Labute approximate surface area is 138 Å². The van der Waals surface area contributed by atoms with Crippen LogP contribution in [0.5, 0.6) is 0 Å². The number of carbonyl (C=O) groups is 1. The van der Waals surface area contributed by atoms with Crippen LogP contribution in [0.3, 0.4) is 0 Å². The topological polar surface area (TPSA) is 58.4 Å². The first-order chi connectivity index (χ1) is 11.1. The zero-order chi connectivity index (χ0) is 17.5. The van der Waals surface area contributed by atoms with E-state index < -0.39 is 17.5 Å². The smallest absolute Gasteiger partial charge is 0.390 e. The molecule has 134 valence electrons. The first kappa shape index (κ1) is 17.3. The summed E-state index contributed by atoms with van der Waals surface area (Å²) in [6.45, 7) is 3.42. The average Bonchev–Trinajstić information content (AvgIpc) is 2.93. The molecule has 24 heavy (non-hydrogen) atoms. The Morgan fingerprint density at radius 3 is 2.50 bits per heavy atom. The van der Waals surface area contributed by atoms with Crippen molar-refractivity contribution in [2.45, 2.75) is 50.9 Å². The van der Waals surface area contributed by atoms with E-state index in [1.165, 1.54) is 10.9 Å². The van der Waals surface area contributed by atoms with Crippen LogP contribution in [-0.2, 0) is 17.5 Å². The highest BCUT2D eigenvalue weighted by Gasteiger charge is 2.44. The Balaban J connectivity index is 1.47. The number of rotatable bonds is 3. The van der Waals surface area contributed by atoms with Gasteiger partial charge in [0.05, 0.1) is 5.60 Å². The fourth-order valence-corrected chi connectivity index (χ4v) is 3.65. The molecule has 8 heteroatoms. The number of alkyl halides is 3. The van der Waals surface area contributed by atoms with Gasteiger partial charge in [0.2, 0.25) is 5.91 Å². The van der Waals surface area contributed by atoms with Crippen molar-refractivity contribution in [2.24, 2.45) is 11.8 Å². The molecule has 2 fully saturated rings. The zero-order valence-electron chi connectivity index (χ0n) is 13.6. The van der Waals surface area contributed by atoms with Crippen molar-refractivity contribution in [1.82, 2.24) is 14.7 Å². The summed E-state index contributed by atoms with van der Waals surface area (Å²) < 4.78 is 39.0. The number of nitrogens with zero attached hydrogens (tertiary/aromatic N) is 3. The number of amides is 1. The van der Waals surface area contributed by atoms with Gasteiger partial charge in [0.15, 0.2) is 5.69 Å². The van der Waals surface area contributed by atoms with Crippen molar-refractivity contribution in [2.75, 3.05) is 13.1 Å². The van der Waals surface area contributed by atoms with Crippen molar-refractivity contribution < 1.29 is 23.1 Å². The fraction of sp³-hybridized carbons (Fsp3) is 0.750. The van der Waals surface area contributed by atoms with E-state index in [-0.39, 0.29) is 17.7 Å². The summed E-state index contributed by atoms with van der Waals surface area (Å²) in [4.78, 5) is 14.1. The molecule has 2 aliphatic rings. The molecule has 1 saturated carbocycles. The van der Waals surface area contributed by atoms with Crippen LogP contribution in [0.4, 0.5) is 13.2 Å². The number of aromatic nitrogens is 2. The highest BCUT2D eigenvalue weighted by atomic mass is 19.4. The first-order valence-electron chi connectivity index (χ1n) is 8.26. The maximum atomic E-state index is 12.6. The average molecular weight is 345 g/mol. The Kier molecular flexibility index (Phi) is 4.36. The zero-order valence-corrected chi connectivity index (χ0v) is 13.6. The molecule has 1 aromatic rings. The van der Waals surface area contributed by atoms with Crippen LogP contribution in [0.1, 0.15) is 38.3 Å².